The Morgan fingerprint density at radius 1 is 1.04 bits per heavy atom. The number of hydrogen-bond acceptors (Lipinski definition) is 3. The molecule has 0 fully saturated rings. The van der Waals surface area contributed by atoms with Crippen LogP contribution in [0.2, 0.25) is 0 Å². The van der Waals surface area contributed by atoms with Gasteiger partial charge in [-0.15, -0.1) is 11.8 Å². The summed E-state index contributed by atoms with van der Waals surface area (Å²) in [4.78, 5) is 5.48. The lowest BCUT2D eigenvalue weighted by Crippen LogP contribution is -1.91. The first-order valence-electron chi connectivity index (χ1n) is 9.01. The Morgan fingerprint density at radius 3 is 2.68 bits per heavy atom. The van der Waals surface area contributed by atoms with Crippen LogP contribution in [0.25, 0.3) is 0 Å². The van der Waals surface area contributed by atoms with E-state index in [1.54, 1.807) is 7.11 Å². The molecular weight excluding hydrogens is 326 g/mol. The average Bonchev–Trinajstić information content (AvgIpc) is 2.95. The molecular formula is C22H29NOS. The summed E-state index contributed by atoms with van der Waals surface area (Å²) in [6, 6.07) is 14.8. The average molecular weight is 356 g/mol. The van der Waals surface area contributed by atoms with Gasteiger partial charge in [-0.2, -0.15) is 0 Å². The molecule has 0 saturated carbocycles. The molecule has 0 radical (unpaired) electrons. The van der Waals surface area contributed by atoms with Crippen molar-refractivity contribution in [2.75, 3.05) is 13.7 Å². The highest BCUT2D eigenvalue weighted by Crippen LogP contribution is 2.30. The van der Waals surface area contributed by atoms with Crippen molar-refractivity contribution in [1.82, 2.24) is 0 Å². The third-order valence-electron chi connectivity index (χ3n) is 4.16. The van der Waals surface area contributed by atoms with Crippen LogP contribution in [0.1, 0.15) is 42.4 Å². The number of methoxy groups -OCH3 is 1. The van der Waals surface area contributed by atoms with E-state index in [-0.39, 0.29) is 0 Å². The molecule has 0 unspecified atom stereocenters. The monoisotopic (exact) mass is 355 g/mol. The molecule has 0 aromatic heterocycles. The van der Waals surface area contributed by atoms with Gasteiger partial charge in [-0.3, -0.25) is 4.99 Å². The summed E-state index contributed by atoms with van der Waals surface area (Å²) in [5.74, 6) is 1.91. The van der Waals surface area contributed by atoms with E-state index in [9.17, 15) is 0 Å². The summed E-state index contributed by atoms with van der Waals surface area (Å²) in [7, 11) is 1.73. The standard InChI is InChI=1S/C16H18OS.C6H11N/c1-12-8-9-15(17-3)14(10-12)11-18-16-7-5-4-6-13(16)2;1-2-4-6-7-5-3-1/h4-10H,11H2,1-3H3;5H,1-4,6H2. The Hall–Kier alpha value is -1.74. The lowest BCUT2D eigenvalue weighted by Gasteiger charge is -2.10. The minimum absolute atomic E-state index is 0.940. The first-order chi connectivity index (χ1) is 12.2. The zero-order valence-corrected chi connectivity index (χ0v) is 16.4. The maximum atomic E-state index is 5.41. The van der Waals surface area contributed by atoms with Gasteiger partial charge in [0.2, 0.25) is 0 Å². The van der Waals surface area contributed by atoms with Gasteiger partial charge in [-0.1, -0.05) is 42.3 Å². The van der Waals surface area contributed by atoms with E-state index in [4.69, 9.17) is 4.74 Å². The van der Waals surface area contributed by atoms with Gasteiger partial charge in [0.1, 0.15) is 5.75 Å². The summed E-state index contributed by atoms with van der Waals surface area (Å²) >= 11 is 1.86. The molecule has 2 nitrogen and oxygen atoms in total. The summed E-state index contributed by atoms with van der Waals surface area (Å²) in [5, 5.41) is 0. The van der Waals surface area contributed by atoms with Gasteiger partial charge in [0, 0.05) is 22.8 Å². The van der Waals surface area contributed by atoms with Crippen molar-refractivity contribution in [3.63, 3.8) is 0 Å². The Bertz CT molecular complexity index is 673. The van der Waals surface area contributed by atoms with Gasteiger partial charge in [-0.25, -0.2) is 0 Å². The highest BCUT2D eigenvalue weighted by Gasteiger charge is 2.05. The first kappa shape index (κ1) is 19.6. The predicted octanol–water partition coefficient (Wildman–Crippen LogP) is 6.24. The van der Waals surface area contributed by atoms with Crippen molar-refractivity contribution in [2.24, 2.45) is 4.99 Å². The minimum atomic E-state index is 0.940. The van der Waals surface area contributed by atoms with Gasteiger partial charge < -0.3 is 4.74 Å². The highest BCUT2D eigenvalue weighted by atomic mass is 32.2. The summed E-state index contributed by atoms with van der Waals surface area (Å²) < 4.78 is 5.41. The summed E-state index contributed by atoms with van der Waals surface area (Å²) in [5.41, 5.74) is 3.86. The van der Waals surface area contributed by atoms with E-state index >= 15 is 0 Å². The van der Waals surface area contributed by atoms with E-state index in [0.29, 0.717) is 0 Å². The summed E-state index contributed by atoms with van der Waals surface area (Å²) in [6.07, 6.45) is 7.28. The largest absolute Gasteiger partial charge is 0.496 e. The van der Waals surface area contributed by atoms with Crippen molar-refractivity contribution in [1.29, 1.82) is 0 Å². The Kier molecular flexibility index (Phi) is 8.61. The number of hydrogen-bond donors (Lipinski definition) is 0. The highest BCUT2D eigenvalue weighted by molar-refractivity contribution is 7.98. The second kappa shape index (κ2) is 11.0. The molecule has 0 bridgehead atoms. The van der Waals surface area contributed by atoms with E-state index < -0.39 is 0 Å². The van der Waals surface area contributed by atoms with Crippen molar-refractivity contribution in [3.05, 3.63) is 59.2 Å². The number of ether oxygens (including phenoxy) is 1. The van der Waals surface area contributed by atoms with Crippen LogP contribution < -0.4 is 4.74 Å². The molecule has 2 aromatic rings. The second-order valence-corrected chi connectivity index (χ2v) is 7.32. The second-order valence-electron chi connectivity index (χ2n) is 6.31. The minimum Gasteiger partial charge on any atom is -0.496 e. The molecule has 0 saturated heterocycles. The smallest absolute Gasteiger partial charge is 0.122 e. The topological polar surface area (TPSA) is 21.6 Å². The number of rotatable bonds is 4. The fourth-order valence-electron chi connectivity index (χ4n) is 2.69. The fraction of sp³-hybridized carbons (Fsp3) is 0.409. The quantitative estimate of drug-likeness (QED) is 0.606. The fourth-order valence-corrected chi connectivity index (χ4v) is 3.70. The number of benzene rings is 2. The van der Waals surface area contributed by atoms with Gasteiger partial charge in [-0.05, 0) is 57.0 Å². The number of aryl methyl sites for hydroxylation is 2. The maximum Gasteiger partial charge on any atom is 0.122 e. The van der Waals surface area contributed by atoms with E-state index in [1.807, 2.05) is 24.0 Å². The van der Waals surface area contributed by atoms with E-state index in [1.165, 1.54) is 47.3 Å². The Balaban J connectivity index is 0.000000269. The van der Waals surface area contributed by atoms with Gasteiger partial charge in [0.25, 0.3) is 0 Å². The molecule has 3 rings (SSSR count). The molecule has 3 heteroatoms. The normalized spacial score (nSPS) is 13.6. The first-order valence-corrected chi connectivity index (χ1v) is 9.99. The number of nitrogens with zero attached hydrogens (tertiary/aromatic N) is 1. The zero-order chi connectivity index (χ0) is 17.9. The Labute approximate surface area is 156 Å². The van der Waals surface area contributed by atoms with Crippen LogP contribution in [-0.4, -0.2) is 19.9 Å². The summed E-state index contributed by atoms with van der Waals surface area (Å²) in [6.45, 7) is 5.33. The molecule has 0 amide bonds. The Morgan fingerprint density at radius 2 is 1.88 bits per heavy atom. The van der Waals surface area contributed by atoms with E-state index in [2.05, 4.69) is 55.2 Å². The SMILES string of the molecule is C1=NCCCCC1.COc1ccc(C)cc1CSc1ccccc1C. The van der Waals surface area contributed by atoms with Crippen LogP contribution in [-0.2, 0) is 5.75 Å². The van der Waals surface area contributed by atoms with Gasteiger partial charge in [0.15, 0.2) is 0 Å². The molecule has 1 aliphatic heterocycles. The third-order valence-corrected chi connectivity index (χ3v) is 5.39. The van der Waals surface area contributed by atoms with Crippen LogP contribution in [0.15, 0.2) is 52.4 Å². The molecule has 2 aromatic carbocycles. The van der Waals surface area contributed by atoms with Crippen LogP contribution in [0.4, 0.5) is 0 Å². The van der Waals surface area contributed by atoms with Crippen LogP contribution in [0.3, 0.4) is 0 Å². The third kappa shape index (κ3) is 6.95. The molecule has 0 aliphatic carbocycles. The molecule has 1 aliphatic rings. The maximum absolute atomic E-state index is 5.41. The lowest BCUT2D eigenvalue weighted by molar-refractivity contribution is 0.411. The molecule has 0 N–H and O–H groups in total. The van der Waals surface area contributed by atoms with Gasteiger partial charge in [0.05, 0.1) is 7.11 Å². The van der Waals surface area contributed by atoms with Crippen LogP contribution in [0.5, 0.6) is 5.75 Å². The van der Waals surface area contributed by atoms with Crippen molar-refractivity contribution in [3.8, 4) is 5.75 Å². The lowest BCUT2D eigenvalue weighted by atomic mass is 10.1. The molecule has 0 atom stereocenters. The van der Waals surface area contributed by atoms with E-state index in [0.717, 1.165) is 18.0 Å². The predicted molar refractivity (Wildman–Crippen MR) is 110 cm³/mol. The molecule has 134 valence electrons. The van der Waals surface area contributed by atoms with Crippen molar-refractivity contribution in [2.45, 2.75) is 50.2 Å². The zero-order valence-electron chi connectivity index (χ0n) is 15.6. The molecule has 1 heterocycles. The molecule has 0 spiro atoms. The van der Waals surface area contributed by atoms with Crippen LogP contribution >= 0.6 is 11.8 Å². The van der Waals surface area contributed by atoms with Crippen molar-refractivity contribution >= 4 is 18.0 Å². The van der Waals surface area contributed by atoms with Crippen molar-refractivity contribution < 1.29 is 4.74 Å². The molecule has 25 heavy (non-hydrogen) atoms. The number of aliphatic imine (C=N–C) groups is 1. The van der Waals surface area contributed by atoms with Gasteiger partial charge >= 0.3 is 0 Å². The number of thioether (sulfide) groups is 1. The van der Waals surface area contributed by atoms with Crippen LogP contribution in [0, 0.1) is 13.8 Å².